The van der Waals surface area contributed by atoms with Gasteiger partial charge < -0.3 is 5.32 Å². The maximum atomic E-state index is 12.1. The predicted octanol–water partition coefficient (Wildman–Crippen LogP) is 2.51. The third-order valence-corrected chi connectivity index (χ3v) is 7.51. The maximum Gasteiger partial charge on any atom is 0.235 e. The van der Waals surface area contributed by atoms with Crippen LogP contribution in [0, 0.1) is 11.8 Å². The molecule has 1 aromatic carbocycles. The van der Waals surface area contributed by atoms with Gasteiger partial charge in [0.15, 0.2) is 0 Å². The third-order valence-electron chi connectivity index (χ3n) is 5.64. The molecule has 1 saturated heterocycles. The highest BCUT2D eigenvalue weighted by atomic mass is 35.5. The Morgan fingerprint density at radius 1 is 1.27 bits per heavy atom. The van der Waals surface area contributed by atoms with Crippen molar-refractivity contribution < 1.29 is 8.42 Å². The normalized spacial score (nSPS) is 33.0. The number of piperidine rings is 1. The quantitative estimate of drug-likeness (QED) is 0.864. The van der Waals surface area contributed by atoms with Gasteiger partial charge in [-0.3, -0.25) is 4.72 Å². The van der Waals surface area contributed by atoms with E-state index < -0.39 is 10.0 Å². The number of rotatable bonds is 5. The van der Waals surface area contributed by atoms with Crippen molar-refractivity contribution in [1.82, 2.24) is 5.32 Å². The summed E-state index contributed by atoms with van der Waals surface area (Å²) >= 11 is 0. The number of hydrogen-bond acceptors (Lipinski definition) is 3. The van der Waals surface area contributed by atoms with E-state index in [9.17, 15) is 8.42 Å². The molecule has 3 atom stereocenters. The van der Waals surface area contributed by atoms with E-state index in [-0.39, 0.29) is 23.1 Å². The Kier molecular flexibility index (Phi) is 3.94. The van der Waals surface area contributed by atoms with E-state index in [1.165, 1.54) is 5.56 Å². The molecule has 0 radical (unpaired) electrons. The molecule has 1 heterocycles. The first-order chi connectivity index (χ1) is 10.1. The van der Waals surface area contributed by atoms with Gasteiger partial charge in [-0.25, -0.2) is 8.42 Å². The van der Waals surface area contributed by atoms with Gasteiger partial charge >= 0.3 is 0 Å². The Morgan fingerprint density at radius 2 is 1.95 bits per heavy atom. The molecular formula is C16H23ClN2O2S. The second-order valence-corrected chi connectivity index (χ2v) is 8.65. The standard InChI is InChI=1S/C16H22N2O2S.ClH/c1-2-16(14-9-17-10-15(14)16)11-4-3-5-12(8-11)18-21(19,20)13-6-7-13;/h3-5,8,13-15,17-18H,2,6-7,9-10H2,1H3;1H/t14-,15+,16+;. The average Bonchev–Trinajstić information content (AvgIpc) is 3.36. The first-order valence-corrected chi connectivity index (χ1v) is 9.45. The summed E-state index contributed by atoms with van der Waals surface area (Å²) < 4.78 is 26.9. The van der Waals surface area contributed by atoms with E-state index in [1.54, 1.807) is 0 Å². The Balaban J connectivity index is 0.00000144. The Hall–Kier alpha value is -0.780. The van der Waals surface area contributed by atoms with Crippen molar-refractivity contribution in [2.24, 2.45) is 11.8 Å². The van der Waals surface area contributed by atoms with Crippen LogP contribution < -0.4 is 10.0 Å². The fraction of sp³-hybridized carbons (Fsp3) is 0.625. The zero-order valence-corrected chi connectivity index (χ0v) is 14.3. The van der Waals surface area contributed by atoms with Gasteiger partial charge in [-0.05, 0) is 61.9 Å². The maximum absolute atomic E-state index is 12.1. The SMILES string of the molecule is CC[C@]1(c2cccc(NS(=O)(=O)C3CC3)c2)[C@@H]2CNC[C@@H]21.Cl. The Morgan fingerprint density at radius 3 is 2.55 bits per heavy atom. The minimum atomic E-state index is -3.17. The molecule has 2 N–H and O–H groups in total. The highest BCUT2D eigenvalue weighted by molar-refractivity contribution is 7.93. The van der Waals surface area contributed by atoms with Gasteiger partial charge in [-0.1, -0.05) is 19.1 Å². The highest BCUT2D eigenvalue weighted by Gasteiger charge is 2.65. The lowest BCUT2D eigenvalue weighted by molar-refractivity contribution is 0.502. The van der Waals surface area contributed by atoms with Crippen LogP contribution in [0.3, 0.4) is 0 Å². The van der Waals surface area contributed by atoms with Gasteiger partial charge in [-0.15, -0.1) is 12.4 Å². The lowest BCUT2D eigenvalue weighted by Gasteiger charge is -2.21. The van der Waals surface area contributed by atoms with E-state index in [2.05, 4.69) is 29.1 Å². The van der Waals surface area contributed by atoms with Crippen molar-refractivity contribution in [3.05, 3.63) is 29.8 Å². The van der Waals surface area contributed by atoms with E-state index in [1.807, 2.05) is 12.1 Å². The zero-order chi connectivity index (χ0) is 14.7. The topological polar surface area (TPSA) is 58.2 Å². The summed E-state index contributed by atoms with van der Waals surface area (Å²) in [5, 5.41) is 3.27. The van der Waals surface area contributed by atoms with Crippen LogP contribution in [0.5, 0.6) is 0 Å². The van der Waals surface area contributed by atoms with Crippen molar-refractivity contribution in [1.29, 1.82) is 0 Å². The molecule has 3 fully saturated rings. The van der Waals surface area contributed by atoms with E-state index >= 15 is 0 Å². The summed E-state index contributed by atoms with van der Waals surface area (Å²) in [6.07, 6.45) is 2.72. The molecule has 6 heteroatoms. The molecule has 22 heavy (non-hydrogen) atoms. The van der Waals surface area contributed by atoms with Crippen LogP contribution >= 0.6 is 12.4 Å². The molecule has 0 aromatic heterocycles. The monoisotopic (exact) mass is 342 g/mol. The van der Waals surface area contributed by atoms with Crippen molar-refractivity contribution in [3.8, 4) is 0 Å². The number of halogens is 1. The summed E-state index contributed by atoms with van der Waals surface area (Å²) in [6, 6.07) is 8.07. The molecular weight excluding hydrogens is 320 g/mol. The number of nitrogens with one attached hydrogen (secondary N) is 2. The summed E-state index contributed by atoms with van der Waals surface area (Å²) in [5.74, 6) is 1.44. The van der Waals surface area contributed by atoms with E-state index in [0.29, 0.717) is 0 Å². The molecule has 3 aliphatic rings. The molecule has 0 amide bonds. The molecule has 1 aliphatic heterocycles. The van der Waals surface area contributed by atoms with Crippen LogP contribution in [0.25, 0.3) is 0 Å². The molecule has 0 spiro atoms. The molecule has 0 unspecified atom stereocenters. The Labute approximate surface area is 138 Å². The van der Waals surface area contributed by atoms with Crippen LogP contribution in [0.15, 0.2) is 24.3 Å². The number of fused-ring (bicyclic) bond motifs is 1. The summed E-state index contributed by atoms with van der Waals surface area (Å²) in [7, 11) is -3.17. The van der Waals surface area contributed by atoms with Gasteiger partial charge in [0.1, 0.15) is 0 Å². The fourth-order valence-electron chi connectivity index (χ4n) is 4.30. The minimum Gasteiger partial charge on any atom is -0.316 e. The van der Waals surface area contributed by atoms with Gasteiger partial charge in [0.05, 0.1) is 5.25 Å². The fourth-order valence-corrected chi connectivity index (χ4v) is 5.68. The van der Waals surface area contributed by atoms with Gasteiger partial charge in [0.2, 0.25) is 10.0 Å². The number of sulfonamides is 1. The summed E-state index contributed by atoms with van der Waals surface area (Å²) in [5.41, 5.74) is 2.30. The third kappa shape index (κ3) is 2.34. The average molecular weight is 343 g/mol. The molecule has 0 bridgehead atoms. The number of anilines is 1. The van der Waals surface area contributed by atoms with Crippen LogP contribution in [0.1, 0.15) is 31.7 Å². The van der Waals surface area contributed by atoms with Gasteiger partial charge in [0.25, 0.3) is 0 Å². The first-order valence-electron chi connectivity index (χ1n) is 7.91. The lowest BCUT2D eigenvalue weighted by atomic mass is 9.87. The van der Waals surface area contributed by atoms with Crippen molar-refractivity contribution >= 4 is 28.1 Å². The summed E-state index contributed by atoms with van der Waals surface area (Å²) in [6.45, 7) is 4.44. The van der Waals surface area contributed by atoms with Crippen LogP contribution in [-0.2, 0) is 15.4 Å². The van der Waals surface area contributed by atoms with Gasteiger partial charge in [0, 0.05) is 11.1 Å². The lowest BCUT2D eigenvalue weighted by Crippen LogP contribution is -2.25. The predicted molar refractivity (Wildman–Crippen MR) is 91.1 cm³/mol. The smallest absolute Gasteiger partial charge is 0.235 e. The molecule has 4 rings (SSSR count). The minimum absolute atomic E-state index is 0. The molecule has 2 aliphatic carbocycles. The van der Waals surface area contributed by atoms with Crippen LogP contribution in [0.2, 0.25) is 0 Å². The van der Waals surface area contributed by atoms with Crippen LogP contribution in [-0.4, -0.2) is 26.8 Å². The first kappa shape index (κ1) is 16.1. The van der Waals surface area contributed by atoms with Crippen molar-refractivity contribution in [3.63, 3.8) is 0 Å². The number of hydrogen-bond donors (Lipinski definition) is 2. The second-order valence-electron chi connectivity index (χ2n) is 6.69. The molecule has 122 valence electrons. The molecule has 4 nitrogen and oxygen atoms in total. The largest absolute Gasteiger partial charge is 0.316 e. The molecule has 2 saturated carbocycles. The van der Waals surface area contributed by atoms with E-state index in [0.717, 1.165) is 49.9 Å². The number of benzene rings is 1. The van der Waals surface area contributed by atoms with E-state index in [4.69, 9.17) is 0 Å². The van der Waals surface area contributed by atoms with Crippen molar-refractivity contribution in [2.45, 2.75) is 36.9 Å². The van der Waals surface area contributed by atoms with Gasteiger partial charge in [-0.2, -0.15) is 0 Å². The Bertz CT molecular complexity index is 662. The molecule has 1 aromatic rings. The summed E-state index contributed by atoms with van der Waals surface area (Å²) in [4.78, 5) is 0. The highest BCUT2D eigenvalue weighted by Crippen LogP contribution is 2.63. The van der Waals surface area contributed by atoms with Crippen LogP contribution in [0.4, 0.5) is 5.69 Å². The zero-order valence-electron chi connectivity index (χ0n) is 12.7. The van der Waals surface area contributed by atoms with Crippen molar-refractivity contribution in [2.75, 3.05) is 17.8 Å². The second kappa shape index (κ2) is 5.39.